The Kier molecular flexibility index (Phi) is 6.24. The van der Waals surface area contributed by atoms with E-state index in [9.17, 15) is 0 Å². The molecule has 2 atom stereocenters. The maximum atomic E-state index is 6.00. The monoisotopic (exact) mass is 344 g/mol. The highest BCUT2D eigenvalue weighted by Crippen LogP contribution is 2.26. The van der Waals surface area contributed by atoms with Crippen LogP contribution in [0.15, 0.2) is 24.3 Å². The summed E-state index contributed by atoms with van der Waals surface area (Å²) in [5.74, 6) is 0.781. The van der Waals surface area contributed by atoms with Gasteiger partial charge in [0.15, 0.2) is 0 Å². The number of benzene rings is 1. The predicted molar refractivity (Wildman–Crippen MR) is 108 cm³/mol. The van der Waals surface area contributed by atoms with Crippen LogP contribution in [0.2, 0.25) is 0 Å². The van der Waals surface area contributed by atoms with E-state index in [0.717, 1.165) is 32.1 Å². The Labute approximate surface area is 153 Å². The largest absolute Gasteiger partial charge is 0.385 e. The van der Waals surface area contributed by atoms with Crippen LogP contribution >= 0.6 is 0 Å². The van der Waals surface area contributed by atoms with Crippen molar-refractivity contribution in [3.63, 3.8) is 0 Å². The zero-order chi connectivity index (χ0) is 17.8. The summed E-state index contributed by atoms with van der Waals surface area (Å²) >= 11 is 0. The lowest BCUT2D eigenvalue weighted by atomic mass is 9.86. The van der Waals surface area contributed by atoms with Gasteiger partial charge in [0.25, 0.3) is 0 Å². The van der Waals surface area contributed by atoms with E-state index in [1.807, 2.05) is 0 Å². The molecular weight excluding hydrogens is 308 g/mol. The molecule has 4 nitrogen and oxygen atoms in total. The molecule has 2 unspecified atom stereocenters. The molecule has 140 valence electrons. The summed E-state index contributed by atoms with van der Waals surface area (Å²) < 4.78 is 0. The minimum absolute atomic E-state index is 0.438. The fourth-order valence-corrected chi connectivity index (χ4v) is 4.64. The quantitative estimate of drug-likeness (QED) is 0.858. The van der Waals surface area contributed by atoms with E-state index in [4.69, 9.17) is 5.73 Å². The number of nitrogens with zero attached hydrogens (tertiary/aromatic N) is 2. The minimum atomic E-state index is 0.438. The molecule has 2 aliphatic rings. The fraction of sp³-hybridized carbons (Fsp3) is 0.714. The van der Waals surface area contributed by atoms with Gasteiger partial charge < -0.3 is 16.0 Å². The van der Waals surface area contributed by atoms with Gasteiger partial charge in [0.05, 0.1) is 0 Å². The molecule has 2 fully saturated rings. The third-order valence-corrected chi connectivity index (χ3v) is 6.19. The number of nitrogens with two attached hydrogens (primary N) is 1. The first-order chi connectivity index (χ1) is 12.1. The van der Waals surface area contributed by atoms with Crippen molar-refractivity contribution in [2.45, 2.75) is 64.6 Å². The summed E-state index contributed by atoms with van der Waals surface area (Å²) in [5, 5.41) is 3.63. The normalized spacial score (nSPS) is 31.1. The number of piperazine rings is 1. The molecule has 0 spiro atoms. The summed E-state index contributed by atoms with van der Waals surface area (Å²) in [7, 11) is 0. The Morgan fingerprint density at radius 3 is 2.16 bits per heavy atom. The SMILES string of the molecule is CCN1C(C)CN(c2ccc(NCC3CCC(N)CC3)cc2)CC1C. The lowest BCUT2D eigenvalue weighted by molar-refractivity contribution is 0.140. The smallest absolute Gasteiger partial charge is 0.0368 e. The second-order valence-corrected chi connectivity index (χ2v) is 8.14. The van der Waals surface area contributed by atoms with Crippen molar-refractivity contribution in [2.75, 3.05) is 36.4 Å². The summed E-state index contributed by atoms with van der Waals surface area (Å²) in [6, 6.07) is 10.7. The lowest BCUT2D eigenvalue weighted by Crippen LogP contribution is -2.56. The van der Waals surface area contributed by atoms with E-state index in [-0.39, 0.29) is 0 Å². The molecule has 3 rings (SSSR count). The van der Waals surface area contributed by atoms with Gasteiger partial charge in [-0.05, 0) is 76.3 Å². The molecule has 4 heteroatoms. The van der Waals surface area contributed by atoms with Crippen molar-refractivity contribution in [3.05, 3.63) is 24.3 Å². The average Bonchev–Trinajstić information content (AvgIpc) is 2.61. The average molecular weight is 345 g/mol. The molecule has 0 bridgehead atoms. The van der Waals surface area contributed by atoms with Crippen LogP contribution in [0.5, 0.6) is 0 Å². The summed E-state index contributed by atoms with van der Waals surface area (Å²) in [6.07, 6.45) is 4.91. The molecule has 1 saturated carbocycles. The molecule has 25 heavy (non-hydrogen) atoms. The molecule has 1 aromatic carbocycles. The van der Waals surface area contributed by atoms with Gasteiger partial charge in [-0.15, -0.1) is 0 Å². The summed E-state index contributed by atoms with van der Waals surface area (Å²) in [5.41, 5.74) is 8.59. The predicted octanol–water partition coefficient (Wildman–Crippen LogP) is 3.53. The zero-order valence-electron chi connectivity index (χ0n) is 16.2. The van der Waals surface area contributed by atoms with Gasteiger partial charge in [-0.1, -0.05) is 6.92 Å². The van der Waals surface area contributed by atoms with Crippen LogP contribution in [0.4, 0.5) is 11.4 Å². The zero-order valence-corrected chi connectivity index (χ0v) is 16.2. The Hall–Kier alpha value is -1.26. The van der Waals surface area contributed by atoms with Gasteiger partial charge in [0, 0.05) is 49.1 Å². The number of hydrogen-bond donors (Lipinski definition) is 2. The van der Waals surface area contributed by atoms with E-state index in [1.54, 1.807) is 0 Å². The van der Waals surface area contributed by atoms with Gasteiger partial charge in [-0.3, -0.25) is 4.90 Å². The Morgan fingerprint density at radius 1 is 1.00 bits per heavy atom. The minimum Gasteiger partial charge on any atom is -0.385 e. The van der Waals surface area contributed by atoms with Crippen molar-refractivity contribution < 1.29 is 0 Å². The van der Waals surface area contributed by atoms with Crippen LogP contribution in [-0.4, -0.2) is 49.2 Å². The van der Waals surface area contributed by atoms with Gasteiger partial charge >= 0.3 is 0 Å². The summed E-state index contributed by atoms with van der Waals surface area (Å²) in [4.78, 5) is 5.14. The molecule has 3 N–H and O–H groups in total. The van der Waals surface area contributed by atoms with Gasteiger partial charge in [0.1, 0.15) is 0 Å². The van der Waals surface area contributed by atoms with Crippen LogP contribution in [0.1, 0.15) is 46.5 Å². The van der Waals surface area contributed by atoms with E-state index >= 15 is 0 Å². The molecule has 1 aliphatic heterocycles. The van der Waals surface area contributed by atoms with E-state index in [0.29, 0.717) is 18.1 Å². The molecular formula is C21H36N4. The highest BCUT2D eigenvalue weighted by Gasteiger charge is 2.28. The van der Waals surface area contributed by atoms with Crippen molar-refractivity contribution in [3.8, 4) is 0 Å². The second kappa shape index (κ2) is 8.41. The van der Waals surface area contributed by atoms with Crippen LogP contribution in [0.3, 0.4) is 0 Å². The van der Waals surface area contributed by atoms with Crippen LogP contribution in [-0.2, 0) is 0 Å². The maximum absolute atomic E-state index is 6.00. The Morgan fingerprint density at radius 2 is 1.60 bits per heavy atom. The van der Waals surface area contributed by atoms with Crippen molar-refractivity contribution in [1.82, 2.24) is 4.90 Å². The van der Waals surface area contributed by atoms with Crippen molar-refractivity contribution in [2.24, 2.45) is 11.7 Å². The van der Waals surface area contributed by atoms with Gasteiger partial charge in [-0.25, -0.2) is 0 Å². The number of likely N-dealkylation sites (N-methyl/N-ethyl adjacent to an activating group) is 1. The molecule has 1 saturated heterocycles. The maximum Gasteiger partial charge on any atom is 0.0368 e. The van der Waals surface area contributed by atoms with Crippen LogP contribution in [0.25, 0.3) is 0 Å². The number of rotatable bonds is 5. The standard InChI is InChI=1S/C21H36N4/c1-4-25-16(2)14-24(15-17(25)3)21-11-9-20(10-12-21)23-13-18-5-7-19(22)8-6-18/h9-12,16-19,23H,4-8,13-15,22H2,1-3H3. The summed E-state index contributed by atoms with van der Waals surface area (Å²) in [6.45, 7) is 11.4. The molecule has 1 aromatic rings. The molecule has 1 heterocycles. The highest BCUT2D eigenvalue weighted by atomic mass is 15.3. The molecule has 0 amide bonds. The highest BCUT2D eigenvalue weighted by molar-refractivity contribution is 5.55. The number of nitrogens with one attached hydrogen (secondary N) is 1. The number of hydrogen-bond acceptors (Lipinski definition) is 4. The van der Waals surface area contributed by atoms with Gasteiger partial charge in [-0.2, -0.15) is 0 Å². The topological polar surface area (TPSA) is 44.5 Å². The molecule has 0 radical (unpaired) electrons. The number of anilines is 2. The third-order valence-electron chi connectivity index (χ3n) is 6.19. The Balaban J connectivity index is 1.52. The Bertz CT molecular complexity index is 509. The van der Waals surface area contributed by atoms with E-state index in [1.165, 1.54) is 37.1 Å². The van der Waals surface area contributed by atoms with Crippen molar-refractivity contribution >= 4 is 11.4 Å². The lowest BCUT2D eigenvalue weighted by Gasteiger charge is -2.45. The first-order valence-corrected chi connectivity index (χ1v) is 10.2. The molecule has 1 aliphatic carbocycles. The van der Waals surface area contributed by atoms with Crippen LogP contribution in [0, 0.1) is 5.92 Å². The van der Waals surface area contributed by atoms with Crippen molar-refractivity contribution in [1.29, 1.82) is 0 Å². The molecule has 0 aromatic heterocycles. The third kappa shape index (κ3) is 4.68. The van der Waals surface area contributed by atoms with Gasteiger partial charge in [0.2, 0.25) is 0 Å². The first kappa shape index (κ1) is 18.5. The first-order valence-electron chi connectivity index (χ1n) is 10.2. The van der Waals surface area contributed by atoms with Crippen LogP contribution < -0.4 is 16.0 Å². The fourth-order valence-electron chi connectivity index (χ4n) is 4.64. The van der Waals surface area contributed by atoms with E-state index in [2.05, 4.69) is 60.2 Å². The van der Waals surface area contributed by atoms with E-state index < -0.39 is 0 Å². The second-order valence-electron chi connectivity index (χ2n) is 8.14.